The summed E-state index contributed by atoms with van der Waals surface area (Å²) in [6.45, 7) is 15.6. The number of nitrogens with one attached hydrogen (secondary N) is 2. The van der Waals surface area contributed by atoms with Crippen molar-refractivity contribution < 1.29 is 38.1 Å². The van der Waals surface area contributed by atoms with Gasteiger partial charge >= 0.3 is 24.1 Å². The Morgan fingerprint density at radius 1 is 0.839 bits per heavy atom. The second-order valence-electron chi connectivity index (χ2n) is 8.07. The van der Waals surface area contributed by atoms with Gasteiger partial charge in [-0.3, -0.25) is 0 Å². The molecule has 0 aromatic heterocycles. The van der Waals surface area contributed by atoms with Crippen LogP contribution in [0.3, 0.4) is 0 Å². The smallest absolute Gasteiger partial charge is 0.410 e. The van der Waals surface area contributed by atoms with Gasteiger partial charge in [-0.1, -0.05) is 33.9 Å². The van der Waals surface area contributed by atoms with Gasteiger partial charge in [0, 0.05) is 24.2 Å². The van der Waals surface area contributed by atoms with E-state index >= 15 is 0 Å². The predicted octanol–water partition coefficient (Wildman–Crippen LogP) is 3.03. The molecule has 0 saturated heterocycles. The molecule has 0 aliphatic carbocycles. The average Bonchev–Trinajstić information content (AvgIpc) is 2.65. The largest absolute Gasteiger partial charge is 0.424 e. The molecule has 10 heteroatoms. The standard InChI is InChI=1S/C21H34N2O8/c1-14(2)17(24)28-12-30-19(26)22-9-8-16(5)10-21(6,7)11-23-20(27)31-13-29-18(25)15(3)4/h16H,1,3,8-13H2,2,4-7H3,(H,22,26)(H,23,27). The Labute approximate surface area is 183 Å². The molecule has 0 heterocycles. The molecule has 0 spiro atoms. The molecule has 0 fully saturated rings. The maximum atomic E-state index is 11.7. The molecule has 0 aliphatic heterocycles. The maximum Gasteiger partial charge on any atom is 0.410 e. The number of hydrogen-bond acceptors (Lipinski definition) is 8. The lowest BCUT2D eigenvalue weighted by Crippen LogP contribution is -2.36. The van der Waals surface area contributed by atoms with Gasteiger partial charge in [0.1, 0.15) is 0 Å². The first kappa shape index (κ1) is 28.0. The molecule has 176 valence electrons. The van der Waals surface area contributed by atoms with Crippen LogP contribution in [0.5, 0.6) is 0 Å². The summed E-state index contributed by atoms with van der Waals surface area (Å²) in [4.78, 5) is 45.6. The van der Waals surface area contributed by atoms with Crippen molar-refractivity contribution >= 4 is 24.1 Å². The SMILES string of the molecule is C=C(C)C(=O)OCOC(=O)NCCC(C)CC(C)(C)CNC(=O)OCOC(=O)C(=C)C. The fraction of sp³-hybridized carbons (Fsp3) is 0.619. The molecule has 2 N–H and O–H groups in total. The van der Waals surface area contributed by atoms with Crippen LogP contribution in [0.1, 0.15) is 47.5 Å². The third-order valence-electron chi connectivity index (χ3n) is 3.98. The molecule has 0 bridgehead atoms. The number of hydrogen-bond donors (Lipinski definition) is 2. The van der Waals surface area contributed by atoms with Crippen LogP contribution in [0.4, 0.5) is 9.59 Å². The van der Waals surface area contributed by atoms with E-state index in [-0.39, 0.29) is 22.5 Å². The number of carbonyl (C=O) groups is 4. The second-order valence-corrected chi connectivity index (χ2v) is 8.07. The Balaban J connectivity index is 4.03. The van der Waals surface area contributed by atoms with E-state index in [1.54, 1.807) is 0 Å². The fourth-order valence-electron chi connectivity index (χ4n) is 2.47. The van der Waals surface area contributed by atoms with Gasteiger partial charge in [0.25, 0.3) is 0 Å². The van der Waals surface area contributed by atoms with E-state index in [0.717, 1.165) is 6.42 Å². The molecule has 2 amide bonds. The second kappa shape index (κ2) is 14.1. The molecule has 0 aromatic carbocycles. The molecule has 0 aliphatic rings. The quantitative estimate of drug-likeness (QED) is 0.253. The summed E-state index contributed by atoms with van der Waals surface area (Å²) in [7, 11) is 0. The van der Waals surface area contributed by atoms with Crippen molar-refractivity contribution in [1.82, 2.24) is 10.6 Å². The molecular weight excluding hydrogens is 408 g/mol. The van der Waals surface area contributed by atoms with Gasteiger partial charge in [-0.25, -0.2) is 19.2 Å². The highest BCUT2D eigenvalue weighted by molar-refractivity contribution is 5.87. The van der Waals surface area contributed by atoms with Crippen molar-refractivity contribution in [1.29, 1.82) is 0 Å². The normalized spacial score (nSPS) is 11.5. The highest BCUT2D eigenvalue weighted by Gasteiger charge is 2.22. The monoisotopic (exact) mass is 442 g/mol. The van der Waals surface area contributed by atoms with Gasteiger partial charge in [-0.15, -0.1) is 0 Å². The van der Waals surface area contributed by atoms with Crippen molar-refractivity contribution in [3.63, 3.8) is 0 Å². The van der Waals surface area contributed by atoms with Crippen molar-refractivity contribution in [3.8, 4) is 0 Å². The lowest BCUT2D eigenvalue weighted by Gasteiger charge is -2.28. The molecule has 0 radical (unpaired) electrons. The minimum Gasteiger partial charge on any atom is -0.424 e. The number of carbonyl (C=O) groups excluding carboxylic acids is 4. The van der Waals surface area contributed by atoms with E-state index in [1.165, 1.54) is 13.8 Å². The third-order valence-corrected chi connectivity index (χ3v) is 3.98. The van der Waals surface area contributed by atoms with Crippen molar-refractivity contribution in [2.45, 2.75) is 47.5 Å². The summed E-state index contributed by atoms with van der Waals surface area (Å²) >= 11 is 0. The average molecular weight is 443 g/mol. The third kappa shape index (κ3) is 14.6. The number of esters is 2. The Morgan fingerprint density at radius 2 is 1.29 bits per heavy atom. The molecule has 0 aromatic rings. The van der Waals surface area contributed by atoms with Crippen molar-refractivity contribution in [2.75, 3.05) is 26.7 Å². The van der Waals surface area contributed by atoms with Crippen molar-refractivity contribution in [2.24, 2.45) is 11.3 Å². The molecule has 31 heavy (non-hydrogen) atoms. The summed E-state index contributed by atoms with van der Waals surface area (Å²) in [6, 6.07) is 0. The van der Waals surface area contributed by atoms with Gasteiger partial charge in [0.05, 0.1) is 0 Å². The van der Waals surface area contributed by atoms with Crippen molar-refractivity contribution in [3.05, 3.63) is 24.3 Å². The topological polar surface area (TPSA) is 129 Å². The first-order chi connectivity index (χ1) is 14.3. The first-order valence-electron chi connectivity index (χ1n) is 9.80. The highest BCUT2D eigenvalue weighted by Crippen LogP contribution is 2.26. The van der Waals surface area contributed by atoms with Crippen LogP contribution in [-0.4, -0.2) is 50.8 Å². The van der Waals surface area contributed by atoms with Crippen LogP contribution in [0.2, 0.25) is 0 Å². The molecule has 1 atom stereocenters. The van der Waals surface area contributed by atoms with E-state index in [0.29, 0.717) is 19.5 Å². The van der Waals surface area contributed by atoms with E-state index in [9.17, 15) is 19.2 Å². The lowest BCUT2D eigenvalue weighted by molar-refractivity contribution is -0.148. The molecule has 10 nitrogen and oxygen atoms in total. The van der Waals surface area contributed by atoms with Gasteiger partial charge in [-0.2, -0.15) is 0 Å². The summed E-state index contributed by atoms with van der Waals surface area (Å²) in [5, 5.41) is 5.21. The number of amides is 2. The van der Waals surface area contributed by atoms with E-state index in [2.05, 4.69) is 33.3 Å². The summed E-state index contributed by atoms with van der Waals surface area (Å²) in [5.74, 6) is -1.02. The Hall–Kier alpha value is -3.04. The first-order valence-corrected chi connectivity index (χ1v) is 9.80. The van der Waals surface area contributed by atoms with Crippen LogP contribution in [0, 0.1) is 11.3 Å². The summed E-state index contributed by atoms with van der Waals surface area (Å²) < 4.78 is 18.9. The maximum absolute atomic E-state index is 11.7. The number of alkyl carbamates (subject to hydrolysis) is 2. The van der Waals surface area contributed by atoms with Crippen LogP contribution in [0.15, 0.2) is 24.3 Å². The minimum absolute atomic E-state index is 0.216. The van der Waals surface area contributed by atoms with E-state index in [1.807, 2.05) is 20.8 Å². The van der Waals surface area contributed by atoms with Gasteiger partial charge < -0.3 is 29.6 Å². The van der Waals surface area contributed by atoms with Gasteiger partial charge in [0.15, 0.2) is 0 Å². The van der Waals surface area contributed by atoms with Crippen LogP contribution < -0.4 is 10.6 Å². The molecule has 0 rings (SSSR count). The minimum atomic E-state index is -0.688. The summed E-state index contributed by atoms with van der Waals surface area (Å²) in [5.41, 5.74) is 0.201. The zero-order valence-corrected chi connectivity index (χ0v) is 19.0. The predicted molar refractivity (Wildman–Crippen MR) is 113 cm³/mol. The molecule has 1 unspecified atom stereocenters. The summed E-state index contributed by atoms with van der Waals surface area (Å²) in [6.07, 6.45) is 0.0840. The lowest BCUT2D eigenvalue weighted by atomic mass is 9.82. The highest BCUT2D eigenvalue weighted by atomic mass is 16.7. The zero-order valence-electron chi connectivity index (χ0n) is 19.0. The Morgan fingerprint density at radius 3 is 1.74 bits per heavy atom. The van der Waals surface area contributed by atoms with E-state index in [4.69, 9.17) is 9.47 Å². The van der Waals surface area contributed by atoms with Gasteiger partial charge in [0.2, 0.25) is 13.6 Å². The Bertz CT molecular complexity index is 672. The molecular formula is C21H34N2O8. The van der Waals surface area contributed by atoms with Crippen LogP contribution in [-0.2, 0) is 28.5 Å². The van der Waals surface area contributed by atoms with Crippen LogP contribution in [0.25, 0.3) is 0 Å². The Kier molecular flexibility index (Phi) is 12.7. The fourth-order valence-corrected chi connectivity index (χ4v) is 2.47. The zero-order chi connectivity index (χ0) is 24.0. The number of ether oxygens (including phenoxy) is 4. The number of rotatable bonds is 13. The van der Waals surface area contributed by atoms with Gasteiger partial charge in [-0.05, 0) is 38.0 Å². The molecule has 0 saturated carbocycles. The van der Waals surface area contributed by atoms with E-state index < -0.39 is 37.7 Å². The van der Waals surface area contributed by atoms with Crippen LogP contribution >= 0.6 is 0 Å².